The second-order valence-electron chi connectivity index (χ2n) is 18.2. The van der Waals surface area contributed by atoms with Crippen molar-refractivity contribution in [2.24, 2.45) is 44.8 Å². The van der Waals surface area contributed by atoms with E-state index in [1.807, 2.05) is 0 Å². The highest BCUT2D eigenvalue weighted by Gasteiger charge is 2.70. The van der Waals surface area contributed by atoms with Gasteiger partial charge in [-0.15, -0.1) is 0 Å². The molecule has 0 aliphatic heterocycles. The van der Waals surface area contributed by atoms with Crippen LogP contribution in [0.2, 0.25) is 0 Å². The van der Waals surface area contributed by atoms with Crippen molar-refractivity contribution in [3.05, 3.63) is 58.6 Å². The molecule has 3 N–H and O–H groups in total. The first-order chi connectivity index (χ1) is 21.1. The molecular weight excluding hydrogens is 554 g/mol. The highest BCUT2D eigenvalue weighted by Crippen LogP contribution is 2.77. The number of hydrogen-bond donors (Lipinski definition) is 3. The number of H-pyrrole nitrogens is 2. The molecule has 45 heavy (non-hydrogen) atoms. The molecule has 0 bridgehead atoms. The molecule has 3 saturated carbocycles. The third-order valence-corrected chi connectivity index (χ3v) is 15.4. The Morgan fingerprint density at radius 2 is 1.69 bits per heavy atom. The molecule has 5 heteroatoms. The number of nitrogens with zero attached hydrogens (tertiary/aromatic N) is 1. The Bertz CT molecular complexity index is 1770. The van der Waals surface area contributed by atoms with Gasteiger partial charge in [-0.05, 0) is 121 Å². The van der Waals surface area contributed by atoms with Crippen molar-refractivity contribution in [2.45, 2.75) is 119 Å². The number of aryl methyl sites for hydroxylation is 1. The summed E-state index contributed by atoms with van der Waals surface area (Å²) < 4.78 is 0. The molecule has 1 aromatic carbocycles. The quantitative estimate of drug-likeness (QED) is 0.271. The van der Waals surface area contributed by atoms with Gasteiger partial charge in [-0.1, -0.05) is 72.2 Å². The maximum Gasteiger partial charge on any atom is 0.310 e. The van der Waals surface area contributed by atoms with Gasteiger partial charge >= 0.3 is 5.97 Å². The van der Waals surface area contributed by atoms with Crippen LogP contribution in [0.5, 0.6) is 0 Å². The minimum absolute atomic E-state index is 0.00130. The van der Waals surface area contributed by atoms with Gasteiger partial charge in [-0.3, -0.25) is 9.89 Å². The van der Waals surface area contributed by atoms with Gasteiger partial charge in [0.15, 0.2) is 0 Å². The van der Waals surface area contributed by atoms with E-state index < -0.39 is 11.4 Å². The lowest BCUT2D eigenvalue weighted by molar-refractivity contribution is -0.175. The van der Waals surface area contributed by atoms with Crippen molar-refractivity contribution in [1.82, 2.24) is 15.2 Å². The Balaban J connectivity index is 1.41. The van der Waals surface area contributed by atoms with Crippen LogP contribution in [-0.2, 0) is 16.6 Å². The van der Waals surface area contributed by atoms with Gasteiger partial charge in [-0.25, -0.2) is 0 Å². The third-order valence-electron chi connectivity index (χ3n) is 15.4. The van der Waals surface area contributed by atoms with E-state index in [2.05, 4.69) is 95.9 Å². The zero-order valence-corrected chi connectivity index (χ0v) is 28.8. The number of allylic oxidation sites excluding steroid dienone is 2. The molecule has 1 unspecified atom stereocenters. The number of hydrogen-bond acceptors (Lipinski definition) is 2. The molecule has 5 aliphatic rings. The van der Waals surface area contributed by atoms with Crippen molar-refractivity contribution in [2.75, 3.05) is 0 Å². The largest absolute Gasteiger partial charge is 0.481 e. The highest BCUT2D eigenvalue weighted by molar-refractivity contribution is 5.94. The summed E-state index contributed by atoms with van der Waals surface area (Å²) in [4.78, 5) is 17.1. The van der Waals surface area contributed by atoms with Crippen LogP contribution in [0.15, 0.2) is 36.0 Å². The van der Waals surface area contributed by atoms with Crippen LogP contribution >= 0.6 is 0 Å². The van der Waals surface area contributed by atoms with Crippen molar-refractivity contribution >= 4 is 22.4 Å². The van der Waals surface area contributed by atoms with E-state index in [0.29, 0.717) is 11.8 Å². The third kappa shape index (κ3) is 3.56. The van der Waals surface area contributed by atoms with Gasteiger partial charge in [0.05, 0.1) is 11.1 Å². The standard InChI is InChI=1S/C40H53N3O2/c1-23-26-20-37(6)30(36(4,5)33(26)43-42-23)13-14-38(7)31(37)19-25(27-22-41-29-12-10-9-11-24(27)29)32-28-21-35(2,3)15-17-40(28,34(44)45)18-16-39(32,38)8/h9-12,22,28,30-31,41H,13-21H2,1-8H3,(H,42,43)(H,44,45)/t28-,30-,31?,37-,38+,39+,40-/m0/s1. The SMILES string of the molecule is Cc1[nH]nc2c1C[C@]1(C)C3CC(c4c[nH]c5ccccc45)=C4[C@@H]5CC(C)(C)CC[C@]5(C(=O)O)CC[C@@]4(C)[C@]3(C)CC[C@H]1C2(C)C. The van der Waals surface area contributed by atoms with Crippen LogP contribution in [-0.4, -0.2) is 26.3 Å². The fourth-order valence-electron chi connectivity index (χ4n) is 12.9. The zero-order chi connectivity index (χ0) is 31.9. The Kier molecular flexibility index (Phi) is 5.88. The number of aromatic nitrogens is 3. The lowest BCUT2D eigenvalue weighted by Gasteiger charge is -2.71. The first-order valence-corrected chi connectivity index (χ1v) is 17.7. The van der Waals surface area contributed by atoms with Gasteiger partial charge in [0, 0.05) is 33.8 Å². The molecule has 2 aromatic heterocycles. The zero-order valence-electron chi connectivity index (χ0n) is 28.8. The number of para-hydroxylation sites is 1. The number of rotatable bonds is 2. The number of nitrogens with one attached hydrogen (secondary N) is 2. The number of carboxylic acid groups (broad SMARTS) is 1. The minimum atomic E-state index is -0.665. The molecule has 3 fully saturated rings. The lowest BCUT2D eigenvalue weighted by Crippen LogP contribution is -2.65. The number of carboxylic acids is 1. The number of fused-ring (bicyclic) bond motifs is 9. The van der Waals surface area contributed by atoms with Crippen LogP contribution in [0.3, 0.4) is 0 Å². The van der Waals surface area contributed by atoms with E-state index in [0.717, 1.165) is 44.9 Å². The van der Waals surface area contributed by atoms with Crippen LogP contribution in [0.1, 0.15) is 122 Å². The van der Waals surface area contributed by atoms with Gasteiger partial charge in [0.1, 0.15) is 0 Å². The Hall–Kier alpha value is -2.82. The number of aromatic amines is 2. The predicted molar refractivity (Wildman–Crippen MR) is 181 cm³/mol. The van der Waals surface area contributed by atoms with E-state index >= 15 is 0 Å². The van der Waals surface area contributed by atoms with E-state index in [1.165, 1.54) is 57.4 Å². The maximum absolute atomic E-state index is 13.5. The van der Waals surface area contributed by atoms with Crippen LogP contribution < -0.4 is 0 Å². The summed E-state index contributed by atoms with van der Waals surface area (Å²) in [5, 5.41) is 20.6. The normalized spacial score (nSPS) is 39.8. The molecule has 5 nitrogen and oxygen atoms in total. The monoisotopic (exact) mass is 607 g/mol. The van der Waals surface area contributed by atoms with E-state index in [-0.39, 0.29) is 33.0 Å². The predicted octanol–water partition coefficient (Wildman–Crippen LogP) is 9.63. The van der Waals surface area contributed by atoms with Crippen molar-refractivity contribution in [3.63, 3.8) is 0 Å². The molecule has 8 rings (SSSR count). The van der Waals surface area contributed by atoms with Gasteiger partial charge in [0.25, 0.3) is 0 Å². The molecular formula is C40H53N3O2. The fourth-order valence-corrected chi connectivity index (χ4v) is 12.9. The highest BCUT2D eigenvalue weighted by atomic mass is 16.4. The van der Waals surface area contributed by atoms with Crippen molar-refractivity contribution < 1.29 is 9.90 Å². The summed E-state index contributed by atoms with van der Waals surface area (Å²) >= 11 is 0. The average molecular weight is 608 g/mol. The number of carbonyl (C=O) groups is 1. The summed E-state index contributed by atoms with van der Waals surface area (Å²) in [6.07, 6.45) is 11.2. The Morgan fingerprint density at radius 3 is 2.44 bits per heavy atom. The van der Waals surface area contributed by atoms with E-state index in [4.69, 9.17) is 5.10 Å². The van der Waals surface area contributed by atoms with E-state index in [1.54, 1.807) is 0 Å². The number of aliphatic carboxylic acids is 1. The molecule has 0 radical (unpaired) electrons. The fraction of sp³-hybridized carbons (Fsp3) is 0.650. The first kappa shape index (κ1) is 29.6. The summed E-state index contributed by atoms with van der Waals surface area (Å²) in [5.41, 5.74) is 9.03. The van der Waals surface area contributed by atoms with E-state index in [9.17, 15) is 9.90 Å². The van der Waals surface area contributed by atoms with Crippen molar-refractivity contribution in [3.8, 4) is 0 Å². The summed E-state index contributed by atoms with van der Waals surface area (Å²) in [7, 11) is 0. The average Bonchev–Trinajstić information content (AvgIpc) is 3.56. The van der Waals surface area contributed by atoms with Crippen LogP contribution in [0.25, 0.3) is 16.5 Å². The first-order valence-electron chi connectivity index (χ1n) is 17.7. The molecule has 0 amide bonds. The topological polar surface area (TPSA) is 81.8 Å². The van der Waals surface area contributed by atoms with Crippen LogP contribution in [0.4, 0.5) is 0 Å². The molecule has 0 saturated heterocycles. The molecule has 3 aromatic rings. The lowest BCUT2D eigenvalue weighted by atomic mass is 9.32. The second kappa shape index (κ2) is 8.95. The molecule has 2 heterocycles. The van der Waals surface area contributed by atoms with Crippen LogP contribution in [0, 0.1) is 51.8 Å². The second-order valence-corrected chi connectivity index (χ2v) is 18.2. The minimum Gasteiger partial charge on any atom is -0.481 e. The smallest absolute Gasteiger partial charge is 0.310 e. The Morgan fingerprint density at radius 1 is 0.956 bits per heavy atom. The van der Waals surface area contributed by atoms with Crippen molar-refractivity contribution in [1.29, 1.82) is 0 Å². The summed E-state index contributed by atoms with van der Waals surface area (Å²) in [6.45, 7) is 19.7. The van der Waals surface area contributed by atoms with Gasteiger partial charge in [-0.2, -0.15) is 5.10 Å². The van der Waals surface area contributed by atoms with Gasteiger partial charge in [0.2, 0.25) is 0 Å². The molecule has 5 aliphatic carbocycles. The summed E-state index contributed by atoms with van der Waals surface area (Å²) in [5.74, 6) is 0.533. The molecule has 0 spiro atoms. The number of benzene rings is 1. The summed E-state index contributed by atoms with van der Waals surface area (Å²) in [6, 6.07) is 8.74. The molecule has 240 valence electrons. The maximum atomic E-state index is 13.5. The molecule has 7 atom stereocenters. The Labute approximate surface area is 269 Å². The van der Waals surface area contributed by atoms with Gasteiger partial charge < -0.3 is 10.1 Å².